The average Bonchev–Trinajstić information content (AvgIpc) is 2.32. The van der Waals surface area contributed by atoms with Gasteiger partial charge in [-0.05, 0) is 13.8 Å². The van der Waals surface area contributed by atoms with Gasteiger partial charge in [-0.1, -0.05) is 0 Å². The van der Waals surface area contributed by atoms with E-state index in [0.29, 0.717) is 0 Å². The first-order valence-electron chi connectivity index (χ1n) is 5.44. The van der Waals surface area contributed by atoms with Gasteiger partial charge in [0.25, 0.3) is 5.91 Å². The van der Waals surface area contributed by atoms with Crippen molar-refractivity contribution in [2.45, 2.75) is 25.9 Å². The molecular weight excluding hydrogens is 242 g/mol. The lowest BCUT2D eigenvalue weighted by Crippen LogP contribution is -2.62. The van der Waals surface area contributed by atoms with E-state index < -0.39 is 35.8 Å². The third-order valence-electron chi connectivity index (χ3n) is 2.51. The molecule has 0 aromatic rings. The van der Waals surface area contributed by atoms with Crippen molar-refractivity contribution in [3.05, 3.63) is 0 Å². The van der Waals surface area contributed by atoms with Gasteiger partial charge in [0.1, 0.15) is 12.6 Å². The van der Waals surface area contributed by atoms with Gasteiger partial charge in [-0.25, -0.2) is 4.79 Å². The van der Waals surface area contributed by atoms with Gasteiger partial charge in [0.2, 0.25) is 11.8 Å². The van der Waals surface area contributed by atoms with Gasteiger partial charge in [-0.2, -0.15) is 0 Å². The number of esters is 1. The predicted molar refractivity (Wildman–Crippen MR) is 58.9 cm³/mol. The van der Waals surface area contributed by atoms with Gasteiger partial charge < -0.3 is 15.4 Å². The third kappa shape index (κ3) is 2.83. The molecule has 3 N–H and O–H groups in total. The zero-order valence-electron chi connectivity index (χ0n) is 10.1. The molecule has 2 unspecified atom stereocenters. The maximum atomic E-state index is 11.9. The van der Waals surface area contributed by atoms with Gasteiger partial charge in [-0.3, -0.25) is 19.7 Å². The van der Waals surface area contributed by atoms with Crippen LogP contribution < -0.4 is 11.1 Å². The van der Waals surface area contributed by atoms with Crippen LogP contribution in [0.4, 0.5) is 0 Å². The first-order chi connectivity index (χ1) is 8.38. The summed E-state index contributed by atoms with van der Waals surface area (Å²) in [4.78, 5) is 46.7. The van der Waals surface area contributed by atoms with Gasteiger partial charge in [-0.15, -0.1) is 0 Å². The van der Waals surface area contributed by atoms with Crippen LogP contribution in [0, 0.1) is 0 Å². The Hall–Kier alpha value is -1.96. The number of amides is 3. The minimum atomic E-state index is -1.52. The van der Waals surface area contributed by atoms with E-state index in [2.05, 4.69) is 10.1 Å². The summed E-state index contributed by atoms with van der Waals surface area (Å²) in [5, 5.41) is 2.08. The Morgan fingerprint density at radius 2 is 2.17 bits per heavy atom. The minimum Gasteiger partial charge on any atom is -0.464 e. The molecule has 1 fully saturated rings. The zero-order valence-corrected chi connectivity index (χ0v) is 10.1. The molecule has 8 nitrogen and oxygen atoms in total. The summed E-state index contributed by atoms with van der Waals surface area (Å²) in [7, 11) is 0. The van der Waals surface area contributed by atoms with Crippen LogP contribution in [0.1, 0.15) is 13.8 Å². The molecule has 1 aliphatic heterocycles. The molecule has 8 heteroatoms. The molecule has 100 valence electrons. The van der Waals surface area contributed by atoms with Crippen molar-refractivity contribution in [3.8, 4) is 0 Å². The summed E-state index contributed by atoms with van der Waals surface area (Å²) in [6.45, 7) is 2.81. The molecule has 3 amide bonds. The average molecular weight is 257 g/mol. The van der Waals surface area contributed by atoms with Gasteiger partial charge in [0.15, 0.2) is 6.04 Å². The largest absolute Gasteiger partial charge is 0.464 e. The van der Waals surface area contributed by atoms with Crippen LogP contribution in [0.2, 0.25) is 0 Å². The van der Waals surface area contributed by atoms with E-state index in [9.17, 15) is 19.2 Å². The number of carbonyl (C=O) groups excluding carboxylic acids is 4. The fourth-order valence-corrected chi connectivity index (χ4v) is 1.49. The normalized spacial score (nSPS) is 21.3. The SMILES string of the molecule is CCOC(=O)C(N)C(=O)N1CC(=O)NC(=O)C1C. The number of piperazine rings is 1. The van der Waals surface area contributed by atoms with Crippen molar-refractivity contribution in [1.82, 2.24) is 10.2 Å². The number of nitrogens with zero attached hydrogens (tertiary/aromatic N) is 1. The first kappa shape index (κ1) is 14.1. The summed E-state index contributed by atoms with van der Waals surface area (Å²) in [6, 6.07) is -2.37. The molecule has 1 heterocycles. The number of hydrogen-bond acceptors (Lipinski definition) is 6. The zero-order chi connectivity index (χ0) is 13.9. The molecule has 2 atom stereocenters. The Labute approximate surface area is 103 Å². The van der Waals surface area contributed by atoms with E-state index >= 15 is 0 Å². The van der Waals surface area contributed by atoms with Crippen LogP contribution in [0.15, 0.2) is 0 Å². The van der Waals surface area contributed by atoms with Crippen molar-refractivity contribution < 1.29 is 23.9 Å². The maximum Gasteiger partial charge on any atom is 0.332 e. The summed E-state index contributed by atoms with van der Waals surface area (Å²) in [6.07, 6.45) is 0. The molecule has 18 heavy (non-hydrogen) atoms. The standard InChI is InChI=1S/C10H15N3O5/c1-3-18-10(17)7(11)9(16)13-4-6(14)12-8(15)5(13)2/h5,7H,3-4,11H2,1-2H3,(H,12,14,15). The van der Waals surface area contributed by atoms with E-state index in [4.69, 9.17) is 5.73 Å². The van der Waals surface area contributed by atoms with Crippen LogP contribution in [0.3, 0.4) is 0 Å². The van der Waals surface area contributed by atoms with E-state index in [1.54, 1.807) is 6.92 Å². The lowest BCUT2D eigenvalue weighted by molar-refractivity contribution is -0.157. The molecule has 1 aliphatic rings. The smallest absolute Gasteiger partial charge is 0.332 e. The number of hydrogen-bond donors (Lipinski definition) is 2. The van der Waals surface area contributed by atoms with Crippen molar-refractivity contribution in [1.29, 1.82) is 0 Å². The second-order valence-corrected chi connectivity index (χ2v) is 3.78. The van der Waals surface area contributed by atoms with E-state index in [1.165, 1.54) is 6.92 Å². The summed E-state index contributed by atoms with van der Waals surface area (Å²) >= 11 is 0. The van der Waals surface area contributed by atoms with Gasteiger partial charge >= 0.3 is 5.97 Å². The van der Waals surface area contributed by atoms with Crippen molar-refractivity contribution in [2.24, 2.45) is 5.73 Å². The van der Waals surface area contributed by atoms with Crippen molar-refractivity contribution in [2.75, 3.05) is 13.2 Å². The molecule has 0 aromatic heterocycles. The van der Waals surface area contributed by atoms with E-state index in [1.807, 2.05) is 0 Å². The number of rotatable bonds is 3. The number of imide groups is 1. The lowest BCUT2D eigenvalue weighted by atomic mass is 10.1. The molecule has 0 saturated carbocycles. The fraction of sp³-hybridized carbons (Fsp3) is 0.600. The Morgan fingerprint density at radius 3 is 2.72 bits per heavy atom. The molecule has 1 rings (SSSR count). The summed E-state index contributed by atoms with van der Waals surface area (Å²) < 4.78 is 4.61. The highest BCUT2D eigenvalue weighted by molar-refractivity contribution is 6.08. The highest BCUT2D eigenvalue weighted by Gasteiger charge is 2.38. The Bertz CT molecular complexity index is 395. The molecule has 0 aliphatic carbocycles. The van der Waals surface area contributed by atoms with Gasteiger partial charge in [0, 0.05) is 0 Å². The Morgan fingerprint density at radius 1 is 1.56 bits per heavy atom. The number of carbonyl (C=O) groups is 4. The van der Waals surface area contributed by atoms with E-state index in [-0.39, 0.29) is 13.2 Å². The van der Waals surface area contributed by atoms with Crippen molar-refractivity contribution in [3.63, 3.8) is 0 Å². The van der Waals surface area contributed by atoms with Crippen LogP contribution in [-0.2, 0) is 23.9 Å². The summed E-state index contributed by atoms with van der Waals surface area (Å²) in [5.74, 6) is -2.89. The maximum absolute atomic E-state index is 11.9. The van der Waals surface area contributed by atoms with Crippen LogP contribution >= 0.6 is 0 Å². The molecule has 0 bridgehead atoms. The number of nitrogens with one attached hydrogen (secondary N) is 1. The monoisotopic (exact) mass is 257 g/mol. The molecule has 0 aromatic carbocycles. The Kier molecular flexibility index (Phi) is 4.38. The lowest BCUT2D eigenvalue weighted by Gasteiger charge is -2.32. The number of nitrogens with two attached hydrogens (primary N) is 1. The summed E-state index contributed by atoms with van der Waals surface area (Å²) in [5.41, 5.74) is 5.42. The molecule has 1 saturated heterocycles. The quantitative estimate of drug-likeness (QED) is 0.335. The Balaban J connectivity index is 2.79. The molecule has 0 radical (unpaired) electrons. The topological polar surface area (TPSA) is 119 Å². The third-order valence-corrected chi connectivity index (χ3v) is 2.51. The first-order valence-corrected chi connectivity index (χ1v) is 5.44. The van der Waals surface area contributed by atoms with Crippen molar-refractivity contribution >= 4 is 23.7 Å². The number of ether oxygens (including phenoxy) is 1. The van der Waals surface area contributed by atoms with Crippen LogP contribution in [-0.4, -0.2) is 53.8 Å². The van der Waals surface area contributed by atoms with Gasteiger partial charge in [0.05, 0.1) is 6.61 Å². The minimum absolute atomic E-state index is 0.0920. The fourth-order valence-electron chi connectivity index (χ4n) is 1.49. The highest BCUT2D eigenvalue weighted by atomic mass is 16.5. The van der Waals surface area contributed by atoms with Crippen LogP contribution in [0.25, 0.3) is 0 Å². The molecular formula is C10H15N3O5. The second-order valence-electron chi connectivity index (χ2n) is 3.78. The molecule has 0 spiro atoms. The predicted octanol–water partition coefficient (Wildman–Crippen LogP) is -2.25. The highest BCUT2D eigenvalue weighted by Crippen LogP contribution is 2.07. The van der Waals surface area contributed by atoms with E-state index in [0.717, 1.165) is 4.90 Å². The second kappa shape index (κ2) is 5.58. The van der Waals surface area contributed by atoms with Crippen LogP contribution in [0.5, 0.6) is 0 Å².